The molecule has 2 rings (SSSR count). The third-order valence-electron chi connectivity index (χ3n) is 2.06. The van der Waals surface area contributed by atoms with E-state index in [1.165, 1.54) is 12.1 Å². The average Bonchev–Trinajstić information content (AvgIpc) is 2.15. The zero-order valence-corrected chi connectivity index (χ0v) is 9.48. The molecule has 0 bridgehead atoms. The molecule has 0 aliphatic heterocycles. The van der Waals surface area contributed by atoms with E-state index in [9.17, 15) is 13.2 Å². The van der Waals surface area contributed by atoms with Gasteiger partial charge in [0.25, 0.3) is 0 Å². The molecule has 0 saturated carbocycles. The Labute approximate surface area is 98.9 Å². The molecule has 0 aliphatic carbocycles. The summed E-state index contributed by atoms with van der Waals surface area (Å²) in [4.78, 5) is 0. The van der Waals surface area contributed by atoms with Gasteiger partial charge in [0, 0.05) is 10.5 Å². The van der Waals surface area contributed by atoms with E-state index < -0.39 is 17.5 Å². The molecular weight excluding hydrogens is 281 g/mol. The van der Waals surface area contributed by atoms with Gasteiger partial charge in [-0.2, -0.15) is 0 Å². The lowest BCUT2D eigenvalue weighted by molar-refractivity contribution is 0.587. The second-order valence-corrected chi connectivity index (χ2v) is 4.09. The van der Waals surface area contributed by atoms with Crippen LogP contribution in [-0.4, -0.2) is 0 Å². The van der Waals surface area contributed by atoms with Gasteiger partial charge in [-0.15, -0.1) is 0 Å². The van der Waals surface area contributed by atoms with Crippen molar-refractivity contribution >= 4 is 15.9 Å². The first-order chi connectivity index (χ1) is 7.58. The predicted octanol–water partition coefficient (Wildman–Crippen LogP) is 4.33. The Morgan fingerprint density at radius 2 is 1.62 bits per heavy atom. The molecule has 0 aromatic heterocycles. The largest absolute Gasteiger partial charge is 0.206 e. The molecule has 0 nitrogen and oxygen atoms in total. The lowest BCUT2D eigenvalue weighted by Gasteiger charge is -2.05. The van der Waals surface area contributed by atoms with Crippen molar-refractivity contribution in [3.05, 3.63) is 58.3 Å². The fraction of sp³-hybridized carbons (Fsp3) is 0. The van der Waals surface area contributed by atoms with E-state index in [4.69, 9.17) is 0 Å². The monoisotopic (exact) mass is 285 g/mol. The van der Waals surface area contributed by atoms with Crippen molar-refractivity contribution in [3.8, 4) is 11.1 Å². The van der Waals surface area contributed by atoms with Gasteiger partial charge in [-0.25, -0.2) is 13.2 Å². The van der Waals surface area contributed by atoms with Gasteiger partial charge in [0.05, 0.1) is 5.56 Å². The Morgan fingerprint density at radius 1 is 1.00 bits per heavy atom. The fourth-order valence-electron chi connectivity index (χ4n) is 1.41. The lowest BCUT2D eigenvalue weighted by Crippen LogP contribution is -1.91. The van der Waals surface area contributed by atoms with Crippen LogP contribution in [0.5, 0.6) is 0 Å². The highest BCUT2D eigenvalue weighted by Crippen LogP contribution is 2.29. The Hall–Kier alpha value is -1.29. The van der Waals surface area contributed by atoms with E-state index in [0.717, 1.165) is 18.2 Å². The highest BCUT2D eigenvalue weighted by molar-refractivity contribution is 9.10. The zero-order valence-electron chi connectivity index (χ0n) is 7.90. The Bertz CT molecular complexity index is 515. The highest BCUT2D eigenvalue weighted by Gasteiger charge is 2.13. The van der Waals surface area contributed by atoms with Crippen LogP contribution >= 0.6 is 15.9 Å². The first kappa shape index (κ1) is 11.2. The van der Waals surface area contributed by atoms with Crippen molar-refractivity contribution in [2.75, 3.05) is 0 Å². The highest BCUT2D eigenvalue weighted by atomic mass is 79.9. The molecule has 0 aliphatic rings. The molecule has 0 N–H and O–H groups in total. The lowest BCUT2D eigenvalue weighted by atomic mass is 10.0. The van der Waals surface area contributed by atoms with Crippen molar-refractivity contribution in [2.45, 2.75) is 0 Å². The van der Waals surface area contributed by atoms with Gasteiger partial charge in [-0.05, 0) is 23.8 Å². The van der Waals surface area contributed by atoms with Crippen molar-refractivity contribution < 1.29 is 13.2 Å². The topological polar surface area (TPSA) is 0 Å². The average molecular weight is 286 g/mol. The summed E-state index contributed by atoms with van der Waals surface area (Å²) in [5, 5.41) is 0. The Balaban J connectivity index is 2.64. The van der Waals surface area contributed by atoms with Crippen LogP contribution in [0.4, 0.5) is 13.2 Å². The summed E-state index contributed by atoms with van der Waals surface area (Å²) in [6, 6.07) is 8.26. The molecule has 81 valence electrons. The summed E-state index contributed by atoms with van der Waals surface area (Å²) in [6.07, 6.45) is 0. The van der Waals surface area contributed by atoms with Crippen LogP contribution in [0.15, 0.2) is 34.8 Å². The quantitative estimate of drug-likeness (QED) is 0.731. The second kappa shape index (κ2) is 4.29. The summed E-state index contributed by atoms with van der Waals surface area (Å²) >= 11 is 2.97. The van der Waals surface area contributed by atoms with E-state index in [2.05, 4.69) is 22.0 Å². The maximum absolute atomic E-state index is 13.5. The first-order valence-electron chi connectivity index (χ1n) is 4.40. The first-order valence-corrected chi connectivity index (χ1v) is 5.19. The summed E-state index contributed by atoms with van der Waals surface area (Å²) in [5.41, 5.74) is -0.0881. The summed E-state index contributed by atoms with van der Waals surface area (Å²) in [6.45, 7) is 0. The standard InChI is InChI=1S/C12H5BrF3/c13-8-5-10(15)12(11(16)6-8)7-2-1-3-9(14)4-7/h1-2,4-6H. The van der Waals surface area contributed by atoms with Crippen LogP contribution in [0.2, 0.25) is 0 Å². The van der Waals surface area contributed by atoms with Crippen molar-refractivity contribution in [3.63, 3.8) is 0 Å². The molecule has 16 heavy (non-hydrogen) atoms. The van der Waals surface area contributed by atoms with Gasteiger partial charge in [0.15, 0.2) is 0 Å². The van der Waals surface area contributed by atoms with Crippen molar-refractivity contribution in [1.82, 2.24) is 0 Å². The van der Waals surface area contributed by atoms with E-state index in [1.807, 2.05) is 0 Å². The normalized spacial score (nSPS) is 10.5. The Morgan fingerprint density at radius 3 is 2.19 bits per heavy atom. The smallest absolute Gasteiger partial charge is 0.135 e. The zero-order chi connectivity index (χ0) is 11.7. The molecule has 0 unspecified atom stereocenters. The molecule has 0 spiro atoms. The predicted molar refractivity (Wildman–Crippen MR) is 58.3 cm³/mol. The third kappa shape index (κ3) is 2.11. The van der Waals surface area contributed by atoms with E-state index >= 15 is 0 Å². The van der Waals surface area contributed by atoms with Gasteiger partial charge in [-0.3, -0.25) is 0 Å². The molecule has 1 radical (unpaired) electrons. The Kier molecular flexibility index (Phi) is 3.01. The number of hydrogen-bond acceptors (Lipinski definition) is 0. The molecule has 0 atom stereocenters. The molecule has 0 amide bonds. The molecule has 4 heteroatoms. The number of rotatable bonds is 1. The van der Waals surface area contributed by atoms with Crippen LogP contribution in [0.3, 0.4) is 0 Å². The minimum Gasteiger partial charge on any atom is -0.206 e. The van der Waals surface area contributed by atoms with Crippen molar-refractivity contribution in [1.29, 1.82) is 0 Å². The summed E-state index contributed by atoms with van der Waals surface area (Å²) in [7, 11) is 0. The van der Waals surface area contributed by atoms with Crippen LogP contribution in [0.25, 0.3) is 11.1 Å². The third-order valence-corrected chi connectivity index (χ3v) is 2.52. The fourth-order valence-corrected chi connectivity index (χ4v) is 1.81. The van der Waals surface area contributed by atoms with Gasteiger partial charge >= 0.3 is 0 Å². The molecular formula is C12H5BrF3. The maximum atomic E-state index is 13.5. The van der Waals surface area contributed by atoms with Gasteiger partial charge in [0.2, 0.25) is 0 Å². The van der Waals surface area contributed by atoms with Crippen LogP contribution in [0.1, 0.15) is 0 Å². The number of halogens is 4. The minimum atomic E-state index is -0.738. The summed E-state index contributed by atoms with van der Waals surface area (Å²) in [5.74, 6) is -2.13. The van der Waals surface area contributed by atoms with Gasteiger partial charge < -0.3 is 0 Å². The molecule has 2 aromatic carbocycles. The van der Waals surface area contributed by atoms with E-state index in [-0.39, 0.29) is 11.1 Å². The molecule has 0 heterocycles. The molecule has 0 saturated heterocycles. The SMILES string of the molecule is Fc1[c]ccc(-c2c(F)cc(Br)cc2F)c1. The minimum absolute atomic E-state index is 0.152. The van der Waals surface area contributed by atoms with Gasteiger partial charge in [0.1, 0.15) is 17.5 Å². The van der Waals surface area contributed by atoms with E-state index in [0.29, 0.717) is 4.47 Å². The van der Waals surface area contributed by atoms with Gasteiger partial charge in [-0.1, -0.05) is 28.1 Å². The maximum Gasteiger partial charge on any atom is 0.135 e. The van der Waals surface area contributed by atoms with Crippen LogP contribution in [0, 0.1) is 23.5 Å². The van der Waals surface area contributed by atoms with Crippen LogP contribution in [-0.2, 0) is 0 Å². The second-order valence-electron chi connectivity index (χ2n) is 3.17. The molecule has 2 aromatic rings. The molecule has 0 fully saturated rings. The number of benzene rings is 2. The summed E-state index contributed by atoms with van der Waals surface area (Å²) < 4.78 is 40.2. The van der Waals surface area contributed by atoms with Crippen LogP contribution < -0.4 is 0 Å². The van der Waals surface area contributed by atoms with E-state index in [1.54, 1.807) is 0 Å². The number of hydrogen-bond donors (Lipinski definition) is 0. The van der Waals surface area contributed by atoms with Crippen molar-refractivity contribution in [2.24, 2.45) is 0 Å².